The summed E-state index contributed by atoms with van der Waals surface area (Å²) in [7, 11) is 0. The average Bonchev–Trinajstić information content (AvgIpc) is 3.20. The van der Waals surface area contributed by atoms with Gasteiger partial charge >= 0.3 is 0 Å². The monoisotopic (exact) mass is 445 g/mol. The lowest BCUT2D eigenvalue weighted by molar-refractivity contribution is 0.794. The summed E-state index contributed by atoms with van der Waals surface area (Å²) in [6, 6.07) is 24.7. The molecular weight excluding hydrogens is 430 g/mol. The molecule has 0 atom stereocenters. The number of para-hydroxylation sites is 1. The number of rotatable bonds is 4. The third-order valence-corrected chi connectivity index (χ3v) is 5.94. The number of benzene rings is 3. The van der Waals surface area contributed by atoms with Crippen molar-refractivity contribution in [2.24, 2.45) is 0 Å². The molecule has 0 radical (unpaired) electrons. The van der Waals surface area contributed by atoms with Gasteiger partial charge in [0.2, 0.25) is 0 Å². The van der Waals surface area contributed by atoms with E-state index in [4.69, 9.17) is 16.6 Å². The summed E-state index contributed by atoms with van der Waals surface area (Å²) < 4.78 is 3.11. The smallest absolute Gasteiger partial charge is 0.266 e. The fraction of sp³-hybridized carbons (Fsp3) is 0.0435. The Morgan fingerprint density at radius 1 is 0.903 bits per heavy atom. The molecule has 0 fully saturated rings. The molecule has 5 rings (SSSR count). The lowest BCUT2D eigenvalue weighted by Crippen LogP contribution is -2.22. The number of aryl methyl sites for hydroxylation is 1. The van der Waals surface area contributed by atoms with Crippen LogP contribution in [0.2, 0.25) is 5.02 Å². The maximum absolute atomic E-state index is 13.5. The SMILES string of the molecule is Cc1ccc(Sc2nc3c(nnn3-c3ccccc3)c(=O)n2-c2cccc(Cl)c2)cc1. The van der Waals surface area contributed by atoms with Crippen LogP contribution < -0.4 is 5.56 Å². The summed E-state index contributed by atoms with van der Waals surface area (Å²) in [5, 5.41) is 9.37. The van der Waals surface area contributed by atoms with Crippen molar-refractivity contribution in [1.82, 2.24) is 24.5 Å². The zero-order valence-electron chi connectivity index (χ0n) is 16.4. The van der Waals surface area contributed by atoms with Gasteiger partial charge in [-0.3, -0.25) is 9.36 Å². The molecular formula is C23H16ClN5OS. The number of hydrogen-bond acceptors (Lipinski definition) is 5. The summed E-state index contributed by atoms with van der Waals surface area (Å²) in [5.74, 6) is 0. The Labute approximate surface area is 187 Å². The van der Waals surface area contributed by atoms with Gasteiger partial charge in [-0.2, -0.15) is 4.68 Å². The Morgan fingerprint density at radius 3 is 2.39 bits per heavy atom. The predicted molar refractivity (Wildman–Crippen MR) is 123 cm³/mol. The van der Waals surface area contributed by atoms with Crippen LogP contribution in [0.1, 0.15) is 5.56 Å². The highest BCUT2D eigenvalue weighted by Crippen LogP contribution is 2.29. The topological polar surface area (TPSA) is 65.6 Å². The number of hydrogen-bond donors (Lipinski definition) is 0. The van der Waals surface area contributed by atoms with Gasteiger partial charge in [0.15, 0.2) is 16.3 Å². The minimum Gasteiger partial charge on any atom is -0.266 e. The van der Waals surface area contributed by atoms with Crippen molar-refractivity contribution in [2.75, 3.05) is 0 Å². The first-order chi connectivity index (χ1) is 15.1. The Morgan fingerprint density at radius 2 is 1.65 bits per heavy atom. The van der Waals surface area contributed by atoms with E-state index in [2.05, 4.69) is 10.3 Å². The molecule has 0 unspecified atom stereocenters. The molecule has 0 aliphatic heterocycles. The Hall–Kier alpha value is -3.42. The Bertz CT molecular complexity index is 1450. The van der Waals surface area contributed by atoms with E-state index in [0.29, 0.717) is 21.5 Å². The van der Waals surface area contributed by atoms with Crippen molar-refractivity contribution in [3.63, 3.8) is 0 Å². The Balaban J connectivity index is 1.76. The van der Waals surface area contributed by atoms with E-state index in [-0.39, 0.29) is 11.1 Å². The molecule has 8 heteroatoms. The standard InChI is InChI=1S/C23H16ClN5OS/c1-15-10-12-19(13-11-15)31-23-25-21-20(26-27-29(21)17-7-3-2-4-8-17)22(30)28(23)18-9-5-6-16(24)14-18/h2-14H,1H3. The van der Waals surface area contributed by atoms with E-state index < -0.39 is 0 Å². The van der Waals surface area contributed by atoms with E-state index in [9.17, 15) is 4.79 Å². The third kappa shape index (κ3) is 3.73. The summed E-state index contributed by atoms with van der Waals surface area (Å²) in [5.41, 5.74) is 2.86. The molecule has 6 nitrogen and oxygen atoms in total. The number of aromatic nitrogens is 5. The van der Waals surface area contributed by atoms with Crippen molar-refractivity contribution in [2.45, 2.75) is 17.0 Å². The van der Waals surface area contributed by atoms with Crippen LogP contribution in [0.3, 0.4) is 0 Å². The maximum Gasteiger partial charge on any atom is 0.288 e. The minimum atomic E-state index is -0.302. The van der Waals surface area contributed by atoms with Crippen LogP contribution in [-0.4, -0.2) is 24.5 Å². The van der Waals surface area contributed by atoms with Gasteiger partial charge in [0.05, 0.1) is 11.4 Å². The van der Waals surface area contributed by atoms with E-state index in [0.717, 1.165) is 16.1 Å². The molecule has 0 bridgehead atoms. The van der Waals surface area contributed by atoms with Gasteiger partial charge in [-0.1, -0.05) is 70.5 Å². The second kappa shape index (κ2) is 8.02. The lowest BCUT2D eigenvalue weighted by Gasteiger charge is -2.12. The lowest BCUT2D eigenvalue weighted by atomic mass is 10.2. The van der Waals surface area contributed by atoms with E-state index in [1.54, 1.807) is 22.9 Å². The first kappa shape index (κ1) is 19.5. The molecule has 0 N–H and O–H groups in total. The summed E-state index contributed by atoms with van der Waals surface area (Å²) in [4.78, 5) is 19.3. The summed E-state index contributed by atoms with van der Waals surface area (Å²) >= 11 is 7.60. The predicted octanol–water partition coefficient (Wildman–Crippen LogP) is 5.08. The van der Waals surface area contributed by atoms with Crippen LogP contribution in [0.5, 0.6) is 0 Å². The quantitative estimate of drug-likeness (QED) is 0.361. The van der Waals surface area contributed by atoms with Crippen LogP contribution in [-0.2, 0) is 0 Å². The molecule has 2 heterocycles. The minimum absolute atomic E-state index is 0.192. The summed E-state index contributed by atoms with van der Waals surface area (Å²) in [6.07, 6.45) is 0. The van der Waals surface area contributed by atoms with Gasteiger partial charge in [-0.15, -0.1) is 5.10 Å². The van der Waals surface area contributed by atoms with Gasteiger partial charge < -0.3 is 0 Å². The van der Waals surface area contributed by atoms with Gasteiger partial charge in [0.1, 0.15) is 0 Å². The van der Waals surface area contributed by atoms with E-state index in [1.165, 1.54) is 16.3 Å². The molecule has 152 valence electrons. The van der Waals surface area contributed by atoms with Gasteiger partial charge in [0.25, 0.3) is 5.56 Å². The van der Waals surface area contributed by atoms with Gasteiger partial charge in [-0.05, 0) is 49.4 Å². The number of fused-ring (bicyclic) bond motifs is 1. The van der Waals surface area contributed by atoms with E-state index in [1.807, 2.05) is 67.6 Å². The molecule has 0 saturated carbocycles. The largest absolute Gasteiger partial charge is 0.288 e. The molecule has 3 aromatic carbocycles. The first-order valence-corrected chi connectivity index (χ1v) is 10.7. The van der Waals surface area contributed by atoms with Gasteiger partial charge in [0, 0.05) is 9.92 Å². The first-order valence-electron chi connectivity index (χ1n) is 9.54. The maximum atomic E-state index is 13.5. The van der Waals surface area contributed by atoms with Crippen molar-refractivity contribution in [3.05, 3.63) is 99.8 Å². The van der Waals surface area contributed by atoms with Crippen molar-refractivity contribution in [3.8, 4) is 11.4 Å². The second-order valence-corrected chi connectivity index (χ2v) is 8.42. The molecule has 0 spiro atoms. The normalized spacial score (nSPS) is 11.2. The molecule has 31 heavy (non-hydrogen) atoms. The van der Waals surface area contributed by atoms with Crippen LogP contribution >= 0.6 is 23.4 Å². The molecule has 0 aliphatic rings. The van der Waals surface area contributed by atoms with Crippen molar-refractivity contribution >= 4 is 34.5 Å². The van der Waals surface area contributed by atoms with Crippen LogP contribution in [0.4, 0.5) is 0 Å². The number of halogens is 1. The zero-order valence-corrected chi connectivity index (χ0v) is 18.0. The van der Waals surface area contributed by atoms with Crippen LogP contribution in [0.25, 0.3) is 22.5 Å². The zero-order chi connectivity index (χ0) is 21.4. The average molecular weight is 446 g/mol. The van der Waals surface area contributed by atoms with Crippen LogP contribution in [0.15, 0.2) is 93.7 Å². The van der Waals surface area contributed by atoms with E-state index >= 15 is 0 Å². The molecule has 0 saturated heterocycles. The third-order valence-electron chi connectivity index (χ3n) is 4.74. The highest BCUT2D eigenvalue weighted by molar-refractivity contribution is 7.99. The fourth-order valence-corrected chi connectivity index (χ4v) is 4.29. The Kier molecular flexibility index (Phi) is 5.05. The second-order valence-electron chi connectivity index (χ2n) is 6.94. The highest BCUT2D eigenvalue weighted by atomic mass is 35.5. The highest BCUT2D eigenvalue weighted by Gasteiger charge is 2.19. The molecule has 0 aliphatic carbocycles. The van der Waals surface area contributed by atoms with Crippen LogP contribution in [0, 0.1) is 6.92 Å². The van der Waals surface area contributed by atoms with Gasteiger partial charge in [-0.25, -0.2) is 4.98 Å². The molecule has 5 aromatic rings. The molecule has 0 amide bonds. The van der Waals surface area contributed by atoms with Crippen molar-refractivity contribution in [1.29, 1.82) is 0 Å². The summed E-state index contributed by atoms with van der Waals surface area (Å²) in [6.45, 7) is 2.03. The fourth-order valence-electron chi connectivity index (χ4n) is 3.22. The van der Waals surface area contributed by atoms with Crippen molar-refractivity contribution < 1.29 is 0 Å². The molecule has 2 aromatic heterocycles. The number of nitrogens with zero attached hydrogens (tertiary/aromatic N) is 5.